The summed E-state index contributed by atoms with van der Waals surface area (Å²) < 4.78 is 0. The molecule has 3 N–H and O–H groups in total. The Bertz CT molecular complexity index is 692. The molecule has 100 valence electrons. The van der Waals surface area contributed by atoms with E-state index in [2.05, 4.69) is 15.5 Å². The zero-order valence-corrected chi connectivity index (χ0v) is 11.0. The van der Waals surface area contributed by atoms with Crippen molar-refractivity contribution in [2.45, 2.75) is 6.04 Å². The lowest BCUT2D eigenvalue weighted by atomic mass is 10.1. The second-order valence-electron chi connectivity index (χ2n) is 4.68. The number of fused-ring (bicyclic) bond motifs is 1. The second-order valence-corrected chi connectivity index (χ2v) is 4.68. The first-order valence-electron chi connectivity index (χ1n) is 6.59. The van der Waals surface area contributed by atoms with Crippen LogP contribution in [0.25, 0.3) is 10.8 Å². The number of nitrogens with one attached hydrogen (secondary N) is 1. The highest BCUT2D eigenvalue weighted by molar-refractivity contribution is 5.90. The van der Waals surface area contributed by atoms with Gasteiger partial charge in [-0.25, -0.2) is 0 Å². The first kappa shape index (κ1) is 12.6. The Kier molecular flexibility index (Phi) is 3.56. The Labute approximate surface area is 117 Å². The molecule has 0 aliphatic rings. The van der Waals surface area contributed by atoms with Crippen molar-refractivity contribution in [3.05, 3.63) is 66.4 Å². The number of benzene rings is 2. The molecule has 4 nitrogen and oxygen atoms in total. The van der Waals surface area contributed by atoms with Crippen molar-refractivity contribution >= 4 is 16.6 Å². The summed E-state index contributed by atoms with van der Waals surface area (Å²) in [5, 5.41) is 13.6. The van der Waals surface area contributed by atoms with E-state index in [-0.39, 0.29) is 6.04 Å². The molecule has 0 saturated carbocycles. The lowest BCUT2D eigenvalue weighted by Crippen LogP contribution is -2.21. The fourth-order valence-electron chi connectivity index (χ4n) is 2.18. The van der Waals surface area contributed by atoms with Crippen LogP contribution in [0.3, 0.4) is 0 Å². The molecule has 0 bridgehead atoms. The summed E-state index contributed by atoms with van der Waals surface area (Å²) in [4.78, 5) is 0. The number of rotatable bonds is 4. The van der Waals surface area contributed by atoms with Crippen LogP contribution in [0.5, 0.6) is 0 Å². The third-order valence-corrected chi connectivity index (χ3v) is 3.29. The summed E-state index contributed by atoms with van der Waals surface area (Å²) in [6.07, 6.45) is 1.76. The topological polar surface area (TPSA) is 63.8 Å². The van der Waals surface area contributed by atoms with E-state index in [1.54, 1.807) is 6.20 Å². The molecule has 0 aliphatic heterocycles. The third kappa shape index (κ3) is 2.60. The van der Waals surface area contributed by atoms with Gasteiger partial charge in [-0.2, -0.15) is 5.10 Å². The normalized spacial score (nSPS) is 12.2. The number of aromatic nitrogens is 2. The molecule has 0 aliphatic carbocycles. The minimum Gasteiger partial charge on any atom is -0.366 e. The lowest BCUT2D eigenvalue weighted by molar-refractivity contribution is 0.760. The highest BCUT2D eigenvalue weighted by Gasteiger charge is 2.07. The van der Waals surface area contributed by atoms with Gasteiger partial charge in [-0.15, -0.1) is 5.10 Å². The molecule has 0 amide bonds. The Morgan fingerprint density at radius 2 is 1.75 bits per heavy atom. The van der Waals surface area contributed by atoms with E-state index in [9.17, 15) is 0 Å². The van der Waals surface area contributed by atoms with Gasteiger partial charge in [-0.05, 0) is 5.56 Å². The van der Waals surface area contributed by atoms with Gasteiger partial charge in [-0.3, -0.25) is 0 Å². The molecule has 0 saturated heterocycles. The maximum absolute atomic E-state index is 6.18. The van der Waals surface area contributed by atoms with E-state index in [1.807, 2.05) is 54.6 Å². The van der Waals surface area contributed by atoms with Gasteiger partial charge in [0.25, 0.3) is 0 Å². The number of nitrogens with zero attached hydrogens (tertiary/aromatic N) is 2. The molecule has 3 aromatic rings. The Hall–Kier alpha value is -2.46. The third-order valence-electron chi connectivity index (χ3n) is 3.29. The molecule has 2 aromatic carbocycles. The quantitative estimate of drug-likeness (QED) is 0.760. The van der Waals surface area contributed by atoms with Crippen LogP contribution in [0, 0.1) is 0 Å². The fourth-order valence-corrected chi connectivity index (χ4v) is 2.18. The first-order chi connectivity index (χ1) is 9.84. The van der Waals surface area contributed by atoms with Crippen LogP contribution in [0.1, 0.15) is 11.6 Å². The van der Waals surface area contributed by atoms with E-state index in [0.717, 1.165) is 22.2 Å². The van der Waals surface area contributed by atoms with Crippen molar-refractivity contribution in [2.24, 2.45) is 5.73 Å². The first-order valence-corrected chi connectivity index (χ1v) is 6.59. The number of hydrogen-bond donors (Lipinski definition) is 2. The van der Waals surface area contributed by atoms with Gasteiger partial charge in [0.05, 0.1) is 6.20 Å². The molecule has 1 unspecified atom stereocenters. The minimum atomic E-state index is -0.0723. The summed E-state index contributed by atoms with van der Waals surface area (Å²) in [5.41, 5.74) is 7.28. The SMILES string of the molecule is NC(CNc1nncc2ccccc12)c1ccccc1. The van der Waals surface area contributed by atoms with Crippen molar-refractivity contribution in [3.63, 3.8) is 0 Å². The summed E-state index contributed by atoms with van der Waals surface area (Å²) in [5.74, 6) is 0.773. The predicted octanol–water partition coefficient (Wildman–Crippen LogP) is 2.74. The van der Waals surface area contributed by atoms with E-state index >= 15 is 0 Å². The molecule has 1 atom stereocenters. The highest BCUT2D eigenvalue weighted by Crippen LogP contribution is 2.20. The van der Waals surface area contributed by atoms with Crippen molar-refractivity contribution in [1.29, 1.82) is 0 Å². The average molecular weight is 264 g/mol. The number of hydrogen-bond acceptors (Lipinski definition) is 4. The maximum Gasteiger partial charge on any atom is 0.156 e. The Balaban J connectivity index is 1.77. The van der Waals surface area contributed by atoms with Crippen LogP contribution >= 0.6 is 0 Å². The van der Waals surface area contributed by atoms with E-state index in [0.29, 0.717) is 6.54 Å². The van der Waals surface area contributed by atoms with E-state index in [4.69, 9.17) is 5.73 Å². The van der Waals surface area contributed by atoms with Gasteiger partial charge < -0.3 is 11.1 Å². The highest BCUT2D eigenvalue weighted by atomic mass is 15.2. The van der Waals surface area contributed by atoms with Crippen molar-refractivity contribution in [2.75, 3.05) is 11.9 Å². The largest absolute Gasteiger partial charge is 0.366 e. The Morgan fingerprint density at radius 3 is 2.60 bits per heavy atom. The molecule has 20 heavy (non-hydrogen) atoms. The van der Waals surface area contributed by atoms with Crippen LogP contribution < -0.4 is 11.1 Å². The van der Waals surface area contributed by atoms with Crippen LogP contribution in [-0.4, -0.2) is 16.7 Å². The average Bonchev–Trinajstić information content (AvgIpc) is 2.53. The predicted molar refractivity (Wildman–Crippen MR) is 81.4 cm³/mol. The molecule has 4 heteroatoms. The smallest absolute Gasteiger partial charge is 0.156 e. The number of nitrogens with two attached hydrogens (primary N) is 1. The van der Waals surface area contributed by atoms with Crippen LogP contribution in [0.4, 0.5) is 5.82 Å². The van der Waals surface area contributed by atoms with Crippen molar-refractivity contribution in [3.8, 4) is 0 Å². The summed E-state index contributed by atoms with van der Waals surface area (Å²) >= 11 is 0. The molecular formula is C16H16N4. The fraction of sp³-hybridized carbons (Fsp3) is 0.125. The van der Waals surface area contributed by atoms with Crippen molar-refractivity contribution < 1.29 is 0 Å². The van der Waals surface area contributed by atoms with E-state index < -0.39 is 0 Å². The monoisotopic (exact) mass is 264 g/mol. The Morgan fingerprint density at radius 1 is 1.00 bits per heavy atom. The molecule has 1 aromatic heterocycles. The maximum atomic E-state index is 6.18. The molecule has 0 radical (unpaired) electrons. The van der Waals surface area contributed by atoms with Crippen LogP contribution in [0.2, 0.25) is 0 Å². The number of anilines is 1. The summed E-state index contributed by atoms with van der Waals surface area (Å²) in [6, 6.07) is 18.0. The molecule has 0 spiro atoms. The molecular weight excluding hydrogens is 248 g/mol. The van der Waals surface area contributed by atoms with Gasteiger partial charge in [0.1, 0.15) is 0 Å². The van der Waals surface area contributed by atoms with Crippen LogP contribution in [-0.2, 0) is 0 Å². The molecule has 0 fully saturated rings. The van der Waals surface area contributed by atoms with Gasteiger partial charge in [0.15, 0.2) is 5.82 Å². The zero-order chi connectivity index (χ0) is 13.8. The molecule has 3 rings (SSSR count). The van der Waals surface area contributed by atoms with Crippen LogP contribution in [0.15, 0.2) is 60.8 Å². The lowest BCUT2D eigenvalue weighted by Gasteiger charge is -2.14. The van der Waals surface area contributed by atoms with Gasteiger partial charge in [0, 0.05) is 23.4 Å². The standard InChI is InChI=1S/C16H16N4/c17-15(12-6-2-1-3-7-12)11-18-16-14-9-5-4-8-13(14)10-19-20-16/h1-10,15H,11,17H2,(H,18,20). The summed E-state index contributed by atoms with van der Waals surface area (Å²) in [7, 11) is 0. The van der Waals surface area contributed by atoms with Gasteiger partial charge in [0.2, 0.25) is 0 Å². The minimum absolute atomic E-state index is 0.0723. The summed E-state index contributed by atoms with van der Waals surface area (Å²) in [6.45, 7) is 0.618. The van der Waals surface area contributed by atoms with Gasteiger partial charge in [-0.1, -0.05) is 54.6 Å². The van der Waals surface area contributed by atoms with Gasteiger partial charge >= 0.3 is 0 Å². The zero-order valence-electron chi connectivity index (χ0n) is 11.0. The second kappa shape index (κ2) is 5.67. The van der Waals surface area contributed by atoms with E-state index in [1.165, 1.54) is 0 Å². The van der Waals surface area contributed by atoms with Crippen molar-refractivity contribution in [1.82, 2.24) is 10.2 Å². The molecule has 1 heterocycles.